The van der Waals surface area contributed by atoms with E-state index in [1.54, 1.807) is 16.7 Å². The average molecular weight is 349 g/mol. The van der Waals surface area contributed by atoms with Gasteiger partial charge in [0.15, 0.2) is 0 Å². The van der Waals surface area contributed by atoms with E-state index >= 15 is 0 Å². The zero-order valence-electron chi connectivity index (χ0n) is 14.1. The minimum absolute atomic E-state index is 0.298. The summed E-state index contributed by atoms with van der Waals surface area (Å²) in [6, 6.07) is 0. The summed E-state index contributed by atoms with van der Waals surface area (Å²) < 4.78 is 26.7. The van der Waals surface area contributed by atoms with E-state index in [1.807, 2.05) is 17.1 Å². The van der Waals surface area contributed by atoms with Gasteiger partial charge in [0.2, 0.25) is 10.0 Å². The summed E-state index contributed by atoms with van der Waals surface area (Å²) in [4.78, 5) is 8.98. The monoisotopic (exact) mass is 349 g/mol. The van der Waals surface area contributed by atoms with Crippen molar-refractivity contribution in [2.75, 3.05) is 19.3 Å². The van der Waals surface area contributed by atoms with Gasteiger partial charge in [0.25, 0.3) is 0 Å². The van der Waals surface area contributed by atoms with Gasteiger partial charge in [-0.1, -0.05) is 6.92 Å². The zero-order chi connectivity index (χ0) is 17.2. The molecule has 0 bridgehead atoms. The summed E-state index contributed by atoms with van der Waals surface area (Å²) >= 11 is 0. The Morgan fingerprint density at radius 1 is 1.29 bits per heavy atom. The maximum atomic E-state index is 11.6. The molecule has 3 rings (SSSR count). The number of nitrogens with zero attached hydrogens (tertiary/aromatic N) is 5. The third kappa shape index (κ3) is 3.99. The predicted molar refractivity (Wildman–Crippen MR) is 91.8 cm³/mol. The number of aromatic nitrogens is 4. The molecule has 7 nitrogen and oxygen atoms in total. The summed E-state index contributed by atoms with van der Waals surface area (Å²) in [6.45, 7) is 4.17. The van der Waals surface area contributed by atoms with E-state index in [1.165, 1.54) is 6.26 Å². The molecular formula is C16H23N5O2S. The molecule has 0 aromatic carbocycles. The van der Waals surface area contributed by atoms with Gasteiger partial charge < -0.3 is 0 Å². The fourth-order valence-corrected chi connectivity index (χ4v) is 3.97. The molecule has 2 aromatic rings. The van der Waals surface area contributed by atoms with E-state index < -0.39 is 10.0 Å². The van der Waals surface area contributed by atoms with Crippen LogP contribution < -0.4 is 0 Å². The number of sulfonamides is 1. The van der Waals surface area contributed by atoms with E-state index in [0.29, 0.717) is 19.0 Å². The molecule has 1 saturated heterocycles. The van der Waals surface area contributed by atoms with Crippen molar-refractivity contribution in [3.05, 3.63) is 30.5 Å². The van der Waals surface area contributed by atoms with Crippen LogP contribution in [-0.4, -0.2) is 51.8 Å². The Balaban J connectivity index is 1.69. The molecule has 3 heterocycles. The van der Waals surface area contributed by atoms with Crippen LogP contribution in [-0.2, 0) is 23.0 Å². The molecule has 2 aromatic heterocycles. The molecule has 0 spiro atoms. The summed E-state index contributed by atoms with van der Waals surface area (Å²) in [7, 11) is -3.10. The molecule has 1 aliphatic heterocycles. The highest BCUT2D eigenvalue weighted by molar-refractivity contribution is 7.88. The third-order valence-corrected chi connectivity index (χ3v) is 5.55. The molecule has 0 aliphatic carbocycles. The van der Waals surface area contributed by atoms with Crippen molar-refractivity contribution in [1.29, 1.82) is 0 Å². The quantitative estimate of drug-likeness (QED) is 0.791. The Bertz CT molecular complexity index is 802. The lowest BCUT2D eigenvalue weighted by Crippen LogP contribution is -2.27. The van der Waals surface area contributed by atoms with Gasteiger partial charge in [-0.25, -0.2) is 17.7 Å². The number of aryl methyl sites for hydroxylation is 1. The molecule has 0 amide bonds. The van der Waals surface area contributed by atoms with Gasteiger partial charge in [-0.2, -0.15) is 5.10 Å². The van der Waals surface area contributed by atoms with Crippen molar-refractivity contribution in [3.63, 3.8) is 0 Å². The predicted octanol–water partition coefficient (Wildman–Crippen LogP) is 1.57. The van der Waals surface area contributed by atoms with Crippen molar-refractivity contribution in [1.82, 2.24) is 24.1 Å². The maximum Gasteiger partial charge on any atom is 0.211 e. The molecular weight excluding hydrogens is 326 g/mol. The standard InChI is InChI=1S/C16H23N5O2S/c1-3-5-20-12-14(8-18-20)16-10-17-9-15(19-16)7-13-4-6-21(11-13)24(2,22)23/h8-10,12-13H,3-7,11H2,1-2H3/t13-/m0/s1. The second-order valence-electron chi connectivity index (χ2n) is 6.37. The number of rotatable bonds is 6. The van der Waals surface area contributed by atoms with Gasteiger partial charge >= 0.3 is 0 Å². The molecule has 0 saturated carbocycles. The van der Waals surface area contributed by atoms with Crippen LogP contribution in [0.3, 0.4) is 0 Å². The van der Waals surface area contributed by atoms with Gasteiger partial charge in [0.1, 0.15) is 0 Å². The minimum atomic E-state index is -3.10. The van der Waals surface area contributed by atoms with Crippen LogP contribution in [0.1, 0.15) is 25.5 Å². The molecule has 130 valence electrons. The Morgan fingerprint density at radius 3 is 2.83 bits per heavy atom. The van der Waals surface area contributed by atoms with Crippen molar-refractivity contribution in [3.8, 4) is 11.3 Å². The SMILES string of the molecule is CCCn1cc(-c2cncc(C[C@@H]3CCN(S(C)(=O)=O)C3)n2)cn1. The van der Waals surface area contributed by atoms with Crippen molar-refractivity contribution in [2.24, 2.45) is 5.92 Å². The van der Waals surface area contributed by atoms with Crippen LogP contribution in [0.4, 0.5) is 0 Å². The Kier molecular flexibility index (Phi) is 4.96. The first kappa shape index (κ1) is 17.0. The average Bonchev–Trinajstić information content (AvgIpc) is 3.17. The summed E-state index contributed by atoms with van der Waals surface area (Å²) in [5.41, 5.74) is 2.67. The minimum Gasteiger partial charge on any atom is -0.272 e. The summed E-state index contributed by atoms with van der Waals surface area (Å²) in [6.07, 6.45) is 11.2. The third-order valence-electron chi connectivity index (χ3n) is 4.28. The lowest BCUT2D eigenvalue weighted by molar-refractivity contribution is 0.459. The molecule has 0 radical (unpaired) electrons. The molecule has 1 atom stereocenters. The van der Waals surface area contributed by atoms with E-state index in [-0.39, 0.29) is 0 Å². The van der Waals surface area contributed by atoms with Crippen LogP contribution in [0.15, 0.2) is 24.8 Å². The van der Waals surface area contributed by atoms with Crippen molar-refractivity contribution in [2.45, 2.75) is 32.7 Å². The highest BCUT2D eigenvalue weighted by atomic mass is 32.2. The lowest BCUT2D eigenvalue weighted by Gasteiger charge is -2.13. The second-order valence-corrected chi connectivity index (χ2v) is 8.35. The smallest absolute Gasteiger partial charge is 0.211 e. The molecule has 24 heavy (non-hydrogen) atoms. The van der Waals surface area contributed by atoms with Gasteiger partial charge in [0, 0.05) is 37.6 Å². The van der Waals surface area contributed by atoms with E-state index in [4.69, 9.17) is 0 Å². The van der Waals surface area contributed by atoms with Gasteiger partial charge in [-0.05, 0) is 25.2 Å². The summed E-state index contributed by atoms with van der Waals surface area (Å²) in [5, 5.41) is 4.33. The largest absolute Gasteiger partial charge is 0.272 e. The highest BCUT2D eigenvalue weighted by Gasteiger charge is 2.28. The van der Waals surface area contributed by atoms with Gasteiger partial charge in [-0.3, -0.25) is 9.67 Å². The highest BCUT2D eigenvalue weighted by Crippen LogP contribution is 2.23. The van der Waals surface area contributed by atoms with Crippen molar-refractivity contribution >= 4 is 10.0 Å². The molecule has 1 aliphatic rings. The van der Waals surface area contributed by atoms with Crippen LogP contribution in [0.2, 0.25) is 0 Å². The molecule has 8 heteroatoms. The van der Waals surface area contributed by atoms with E-state index in [0.717, 1.165) is 42.8 Å². The normalized spacial score (nSPS) is 19.0. The fraction of sp³-hybridized carbons (Fsp3) is 0.562. The van der Waals surface area contributed by atoms with E-state index in [9.17, 15) is 8.42 Å². The molecule has 0 N–H and O–H groups in total. The number of hydrogen-bond acceptors (Lipinski definition) is 5. The van der Waals surface area contributed by atoms with Crippen LogP contribution in [0, 0.1) is 5.92 Å². The van der Waals surface area contributed by atoms with Gasteiger partial charge in [0.05, 0.1) is 30.0 Å². The lowest BCUT2D eigenvalue weighted by atomic mass is 10.0. The zero-order valence-corrected chi connectivity index (χ0v) is 14.9. The van der Waals surface area contributed by atoms with E-state index in [2.05, 4.69) is 22.0 Å². The van der Waals surface area contributed by atoms with Crippen LogP contribution in [0.5, 0.6) is 0 Å². The van der Waals surface area contributed by atoms with Crippen LogP contribution >= 0.6 is 0 Å². The Hall–Kier alpha value is -1.80. The second kappa shape index (κ2) is 6.98. The topological polar surface area (TPSA) is 81.0 Å². The first-order valence-corrected chi connectivity index (χ1v) is 10.1. The maximum absolute atomic E-state index is 11.6. The first-order valence-electron chi connectivity index (χ1n) is 8.24. The molecule has 1 fully saturated rings. The Morgan fingerprint density at radius 2 is 2.12 bits per heavy atom. The Labute approximate surface area is 142 Å². The number of hydrogen-bond donors (Lipinski definition) is 0. The van der Waals surface area contributed by atoms with Gasteiger partial charge in [-0.15, -0.1) is 0 Å². The molecule has 0 unspecified atom stereocenters. The first-order chi connectivity index (χ1) is 11.5. The van der Waals surface area contributed by atoms with Crippen molar-refractivity contribution < 1.29 is 8.42 Å². The fourth-order valence-electron chi connectivity index (χ4n) is 3.05. The van der Waals surface area contributed by atoms with Crippen LogP contribution in [0.25, 0.3) is 11.3 Å². The summed E-state index contributed by atoms with van der Waals surface area (Å²) in [5.74, 6) is 0.298.